The number of nitrogens with zero attached hydrogens (tertiary/aromatic N) is 2. The predicted molar refractivity (Wildman–Crippen MR) is 99.9 cm³/mol. The van der Waals surface area contributed by atoms with Crippen LogP contribution in [0.3, 0.4) is 0 Å². The average Bonchev–Trinajstić information content (AvgIpc) is 3.21. The van der Waals surface area contributed by atoms with Gasteiger partial charge in [-0.05, 0) is 61.6 Å². The van der Waals surface area contributed by atoms with Gasteiger partial charge in [0.1, 0.15) is 5.82 Å². The molecule has 0 unspecified atom stereocenters. The number of likely N-dealkylation sites (N-methyl/N-ethyl adjacent to an activating group) is 1. The zero-order valence-electron chi connectivity index (χ0n) is 15.6. The van der Waals surface area contributed by atoms with Gasteiger partial charge in [0.05, 0.1) is 6.26 Å². The Kier molecular flexibility index (Phi) is 6.40. The lowest BCUT2D eigenvalue weighted by Gasteiger charge is -2.34. The molecule has 1 saturated heterocycles. The maximum Gasteiger partial charge on any atom is 0.298 e. The number of carbonyl (C=O) groups is 2. The van der Waals surface area contributed by atoms with E-state index in [0.29, 0.717) is 12.5 Å². The zero-order chi connectivity index (χ0) is 19.2. The number of likely N-dealkylation sites (tertiary alicyclic amines) is 1. The van der Waals surface area contributed by atoms with Crippen LogP contribution >= 0.6 is 0 Å². The molecule has 3 rings (SSSR count). The van der Waals surface area contributed by atoms with Gasteiger partial charge in [-0.3, -0.25) is 9.59 Å². The van der Waals surface area contributed by atoms with Crippen LogP contribution in [0.5, 0.6) is 0 Å². The predicted octanol–water partition coefficient (Wildman–Crippen LogP) is 3.01. The van der Waals surface area contributed by atoms with Crippen LogP contribution < -0.4 is 0 Å². The fourth-order valence-corrected chi connectivity index (χ4v) is 3.60. The molecule has 1 aromatic heterocycles. The van der Waals surface area contributed by atoms with Crippen LogP contribution in [0.1, 0.15) is 29.0 Å². The molecule has 2 aromatic rings. The van der Waals surface area contributed by atoms with Crippen LogP contribution in [0.4, 0.5) is 4.39 Å². The highest BCUT2D eigenvalue weighted by molar-refractivity contribution is 6.41. The second kappa shape index (κ2) is 8.95. The van der Waals surface area contributed by atoms with Crippen LogP contribution in [0.15, 0.2) is 47.1 Å². The number of halogens is 1. The van der Waals surface area contributed by atoms with E-state index in [1.165, 1.54) is 29.4 Å². The van der Waals surface area contributed by atoms with Crippen molar-refractivity contribution in [3.8, 4) is 0 Å². The van der Waals surface area contributed by atoms with Gasteiger partial charge in [0.25, 0.3) is 11.7 Å². The summed E-state index contributed by atoms with van der Waals surface area (Å²) in [5.41, 5.74) is 1.12. The van der Waals surface area contributed by atoms with Crippen molar-refractivity contribution in [3.63, 3.8) is 0 Å². The van der Waals surface area contributed by atoms with E-state index in [9.17, 15) is 14.0 Å². The third-order valence-corrected chi connectivity index (χ3v) is 5.05. The summed E-state index contributed by atoms with van der Waals surface area (Å²) in [5, 5.41) is 0. The Morgan fingerprint density at radius 1 is 1.26 bits per heavy atom. The summed E-state index contributed by atoms with van der Waals surface area (Å²) in [6.45, 7) is 3.39. The molecule has 1 amide bonds. The summed E-state index contributed by atoms with van der Waals surface area (Å²) in [6.07, 6.45) is 4.38. The maximum atomic E-state index is 13.0. The monoisotopic (exact) mass is 372 g/mol. The number of furan rings is 1. The smallest absolute Gasteiger partial charge is 0.298 e. The SMILES string of the molecule is CN(C[C@H]1CCCN(CCc2ccc(F)cc2)C1)C(=O)C(=O)c1ccco1. The molecule has 144 valence electrons. The van der Waals surface area contributed by atoms with Gasteiger partial charge >= 0.3 is 0 Å². The van der Waals surface area contributed by atoms with Crippen LogP contribution in [0.2, 0.25) is 0 Å². The number of rotatable bonds is 7. The van der Waals surface area contributed by atoms with Crippen molar-refractivity contribution in [2.75, 3.05) is 33.2 Å². The van der Waals surface area contributed by atoms with Crippen molar-refractivity contribution in [1.82, 2.24) is 9.80 Å². The number of benzene rings is 1. The summed E-state index contributed by atoms with van der Waals surface area (Å²) in [4.78, 5) is 28.3. The molecule has 1 fully saturated rings. The lowest BCUT2D eigenvalue weighted by molar-refractivity contribution is -0.126. The van der Waals surface area contributed by atoms with Crippen molar-refractivity contribution in [3.05, 3.63) is 59.8 Å². The lowest BCUT2D eigenvalue weighted by Crippen LogP contribution is -2.43. The minimum atomic E-state index is -0.605. The first-order valence-corrected chi connectivity index (χ1v) is 9.33. The molecule has 1 aliphatic rings. The molecule has 27 heavy (non-hydrogen) atoms. The van der Waals surface area contributed by atoms with E-state index in [1.54, 1.807) is 13.1 Å². The number of hydrogen-bond donors (Lipinski definition) is 0. The molecule has 0 N–H and O–H groups in total. The Morgan fingerprint density at radius 2 is 2.04 bits per heavy atom. The van der Waals surface area contributed by atoms with Crippen molar-refractivity contribution < 1.29 is 18.4 Å². The normalized spacial score (nSPS) is 17.6. The van der Waals surface area contributed by atoms with Crippen LogP contribution in [-0.4, -0.2) is 54.7 Å². The third-order valence-electron chi connectivity index (χ3n) is 5.05. The van der Waals surface area contributed by atoms with E-state index in [4.69, 9.17) is 4.42 Å². The number of carbonyl (C=O) groups excluding carboxylic acids is 2. The second-order valence-electron chi connectivity index (χ2n) is 7.18. The van der Waals surface area contributed by atoms with Crippen LogP contribution in [0.25, 0.3) is 0 Å². The molecule has 1 aliphatic heterocycles. The van der Waals surface area contributed by atoms with Gasteiger partial charge in [-0.2, -0.15) is 0 Å². The van der Waals surface area contributed by atoms with E-state index in [1.807, 2.05) is 12.1 Å². The van der Waals surface area contributed by atoms with Crippen molar-refractivity contribution in [2.45, 2.75) is 19.3 Å². The zero-order valence-corrected chi connectivity index (χ0v) is 15.6. The first-order chi connectivity index (χ1) is 13.0. The summed E-state index contributed by atoms with van der Waals surface area (Å²) in [7, 11) is 1.67. The second-order valence-corrected chi connectivity index (χ2v) is 7.18. The summed E-state index contributed by atoms with van der Waals surface area (Å²) in [6, 6.07) is 9.73. The van der Waals surface area contributed by atoms with Gasteiger partial charge in [0, 0.05) is 26.7 Å². The minimum absolute atomic E-state index is 0.0800. The van der Waals surface area contributed by atoms with Crippen molar-refractivity contribution in [2.24, 2.45) is 5.92 Å². The number of Topliss-reactive ketones (excluding diaryl/α,β-unsaturated/α-hetero) is 1. The number of hydrogen-bond acceptors (Lipinski definition) is 4. The summed E-state index contributed by atoms with van der Waals surface area (Å²) < 4.78 is 18.0. The Labute approximate surface area is 158 Å². The van der Waals surface area contributed by atoms with Gasteiger partial charge in [-0.25, -0.2) is 4.39 Å². The third kappa shape index (κ3) is 5.26. The Morgan fingerprint density at radius 3 is 2.74 bits per heavy atom. The molecule has 5 nitrogen and oxygen atoms in total. The highest BCUT2D eigenvalue weighted by Gasteiger charge is 2.27. The first kappa shape index (κ1) is 19.3. The molecule has 0 aliphatic carbocycles. The quantitative estimate of drug-likeness (QED) is 0.554. The highest BCUT2D eigenvalue weighted by atomic mass is 19.1. The average molecular weight is 372 g/mol. The van der Waals surface area contributed by atoms with E-state index >= 15 is 0 Å². The topological polar surface area (TPSA) is 53.8 Å². The largest absolute Gasteiger partial charge is 0.461 e. The number of amides is 1. The molecular formula is C21H25FN2O3. The van der Waals surface area contributed by atoms with Crippen molar-refractivity contribution >= 4 is 11.7 Å². The molecule has 1 atom stereocenters. The van der Waals surface area contributed by atoms with Gasteiger partial charge in [-0.1, -0.05) is 12.1 Å². The summed E-state index contributed by atoms with van der Waals surface area (Å²) in [5.74, 6) is -0.935. The Balaban J connectivity index is 1.48. The molecule has 1 aromatic carbocycles. The number of piperidine rings is 1. The molecular weight excluding hydrogens is 347 g/mol. The molecule has 0 bridgehead atoms. The highest BCUT2D eigenvalue weighted by Crippen LogP contribution is 2.18. The first-order valence-electron chi connectivity index (χ1n) is 9.33. The Hall–Kier alpha value is -2.47. The van der Waals surface area contributed by atoms with E-state index in [-0.39, 0.29) is 11.6 Å². The van der Waals surface area contributed by atoms with E-state index < -0.39 is 11.7 Å². The molecule has 0 radical (unpaired) electrons. The van der Waals surface area contributed by atoms with Gasteiger partial charge < -0.3 is 14.2 Å². The minimum Gasteiger partial charge on any atom is -0.461 e. The maximum absolute atomic E-state index is 13.0. The molecule has 0 saturated carbocycles. The lowest BCUT2D eigenvalue weighted by atomic mass is 9.97. The standard InChI is InChI=1S/C21H25FN2O3/c1-23(21(26)20(25)19-5-3-13-27-19)14-17-4-2-11-24(15-17)12-10-16-6-8-18(22)9-7-16/h3,5-9,13,17H,2,4,10-12,14-15H2,1H3/t17-/m1/s1. The molecule has 2 heterocycles. The van der Waals surface area contributed by atoms with Crippen LogP contribution in [0, 0.1) is 11.7 Å². The summed E-state index contributed by atoms with van der Waals surface area (Å²) >= 11 is 0. The van der Waals surface area contributed by atoms with Gasteiger partial charge in [0.15, 0.2) is 5.76 Å². The molecule has 6 heteroatoms. The van der Waals surface area contributed by atoms with E-state index in [0.717, 1.165) is 44.5 Å². The van der Waals surface area contributed by atoms with Crippen LogP contribution in [-0.2, 0) is 11.2 Å². The fourth-order valence-electron chi connectivity index (χ4n) is 3.60. The van der Waals surface area contributed by atoms with Crippen molar-refractivity contribution in [1.29, 1.82) is 0 Å². The number of ketones is 1. The Bertz CT molecular complexity index is 758. The van der Waals surface area contributed by atoms with E-state index in [2.05, 4.69) is 4.90 Å². The van der Waals surface area contributed by atoms with Gasteiger partial charge in [0.2, 0.25) is 0 Å². The van der Waals surface area contributed by atoms with Gasteiger partial charge in [-0.15, -0.1) is 0 Å². The fraction of sp³-hybridized carbons (Fsp3) is 0.429. The molecule has 0 spiro atoms.